The van der Waals surface area contributed by atoms with E-state index in [0.717, 1.165) is 6.42 Å². The molecule has 15 heavy (non-hydrogen) atoms. The van der Waals surface area contributed by atoms with Crippen molar-refractivity contribution >= 4 is 0 Å². The van der Waals surface area contributed by atoms with Crippen molar-refractivity contribution in [2.45, 2.75) is 32.6 Å². The lowest BCUT2D eigenvalue weighted by molar-refractivity contribution is 0.149. The Balaban J connectivity index is 2.47. The average Bonchev–Trinajstić information content (AvgIpc) is 2.69. The van der Waals surface area contributed by atoms with Crippen molar-refractivity contribution in [3.05, 3.63) is 11.7 Å². The third-order valence-electron chi connectivity index (χ3n) is 2.28. The van der Waals surface area contributed by atoms with Crippen LogP contribution in [-0.2, 0) is 11.2 Å². The SMILES string of the molecule is CCOCCc1noc(C(CC)CN)n1. The molecular formula is C10H19N3O2. The highest BCUT2D eigenvalue weighted by Crippen LogP contribution is 2.15. The Morgan fingerprint density at radius 3 is 2.87 bits per heavy atom. The molecule has 0 spiro atoms. The van der Waals surface area contributed by atoms with Crippen molar-refractivity contribution in [1.29, 1.82) is 0 Å². The minimum atomic E-state index is 0.179. The topological polar surface area (TPSA) is 74.2 Å². The normalized spacial score (nSPS) is 13.0. The first-order chi connectivity index (χ1) is 7.31. The summed E-state index contributed by atoms with van der Waals surface area (Å²) in [4.78, 5) is 4.29. The van der Waals surface area contributed by atoms with Crippen LogP contribution in [-0.4, -0.2) is 29.9 Å². The quantitative estimate of drug-likeness (QED) is 0.686. The van der Waals surface area contributed by atoms with Crippen LogP contribution in [0.5, 0.6) is 0 Å². The lowest BCUT2D eigenvalue weighted by Gasteiger charge is -2.04. The van der Waals surface area contributed by atoms with Gasteiger partial charge in [0.25, 0.3) is 0 Å². The van der Waals surface area contributed by atoms with E-state index >= 15 is 0 Å². The van der Waals surface area contributed by atoms with Crippen LogP contribution >= 0.6 is 0 Å². The molecule has 0 radical (unpaired) electrons. The van der Waals surface area contributed by atoms with E-state index < -0.39 is 0 Å². The number of hydrogen-bond acceptors (Lipinski definition) is 5. The zero-order chi connectivity index (χ0) is 11.1. The summed E-state index contributed by atoms with van der Waals surface area (Å²) in [5.41, 5.74) is 5.59. The highest BCUT2D eigenvalue weighted by Gasteiger charge is 2.15. The first kappa shape index (κ1) is 12.1. The summed E-state index contributed by atoms with van der Waals surface area (Å²) >= 11 is 0. The van der Waals surface area contributed by atoms with Gasteiger partial charge in [0, 0.05) is 19.6 Å². The van der Waals surface area contributed by atoms with E-state index in [1.54, 1.807) is 0 Å². The fraction of sp³-hybridized carbons (Fsp3) is 0.800. The Morgan fingerprint density at radius 1 is 1.47 bits per heavy atom. The standard InChI is InChI=1S/C10H19N3O2/c1-3-8(7-11)10-12-9(13-15-10)5-6-14-4-2/h8H,3-7,11H2,1-2H3. The molecule has 0 aliphatic heterocycles. The summed E-state index contributed by atoms with van der Waals surface area (Å²) in [6.07, 6.45) is 1.61. The number of nitrogens with two attached hydrogens (primary N) is 1. The molecule has 86 valence electrons. The molecule has 5 nitrogen and oxygen atoms in total. The van der Waals surface area contributed by atoms with Crippen LogP contribution in [0, 0.1) is 0 Å². The van der Waals surface area contributed by atoms with Crippen LogP contribution in [0.2, 0.25) is 0 Å². The smallest absolute Gasteiger partial charge is 0.231 e. The number of nitrogens with zero attached hydrogens (tertiary/aromatic N) is 2. The molecular weight excluding hydrogens is 194 g/mol. The van der Waals surface area contributed by atoms with E-state index in [1.165, 1.54) is 0 Å². The Bertz CT molecular complexity index is 271. The molecule has 0 amide bonds. The van der Waals surface area contributed by atoms with E-state index in [0.29, 0.717) is 37.9 Å². The minimum Gasteiger partial charge on any atom is -0.381 e. The predicted octanol–water partition coefficient (Wildman–Crippen LogP) is 1.10. The van der Waals surface area contributed by atoms with Gasteiger partial charge in [-0.05, 0) is 13.3 Å². The molecule has 1 unspecified atom stereocenters. The first-order valence-corrected chi connectivity index (χ1v) is 5.42. The van der Waals surface area contributed by atoms with Gasteiger partial charge in [-0.3, -0.25) is 0 Å². The van der Waals surface area contributed by atoms with E-state index in [1.807, 2.05) is 6.92 Å². The number of ether oxygens (including phenoxy) is 1. The van der Waals surface area contributed by atoms with Crippen molar-refractivity contribution in [3.63, 3.8) is 0 Å². The largest absolute Gasteiger partial charge is 0.381 e. The Morgan fingerprint density at radius 2 is 2.27 bits per heavy atom. The van der Waals surface area contributed by atoms with Gasteiger partial charge in [0.05, 0.1) is 12.5 Å². The summed E-state index contributed by atoms with van der Waals surface area (Å²) in [5.74, 6) is 1.52. The third kappa shape index (κ3) is 3.60. The van der Waals surface area contributed by atoms with Crippen LogP contribution in [0.15, 0.2) is 4.52 Å². The zero-order valence-electron chi connectivity index (χ0n) is 9.40. The molecule has 0 aliphatic carbocycles. The van der Waals surface area contributed by atoms with Crippen LogP contribution in [0.3, 0.4) is 0 Å². The van der Waals surface area contributed by atoms with Gasteiger partial charge in [0.2, 0.25) is 5.89 Å². The molecule has 1 aromatic rings. The summed E-state index contributed by atoms with van der Waals surface area (Å²) in [5, 5.41) is 3.88. The number of rotatable bonds is 7. The summed E-state index contributed by atoms with van der Waals surface area (Å²) in [7, 11) is 0. The maximum absolute atomic E-state index is 5.59. The highest BCUT2D eigenvalue weighted by molar-refractivity contribution is 4.94. The maximum Gasteiger partial charge on any atom is 0.231 e. The highest BCUT2D eigenvalue weighted by atomic mass is 16.5. The maximum atomic E-state index is 5.59. The van der Waals surface area contributed by atoms with Gasteiger partial charge in [0.15, 0.2) is 5.82 Å². The minimum absolute atomic E-state index is 0.179. The van der Waals surface area contributed by atoms with E-state index in [2.05, 4.69) is 17.1 Å². The second-order valence-electron chi connectivity index (χ2n) is 3.34. The van der Waals surface area contributed by atoms with E-state index in [4.69, 9.17) is 15.0 Å². The molecule has 2 N–H and O–H groups in total. The summed E-state index contributed by atoms with van der Waals surface area (Å²) in [6.45, 7) is 5.91. The average molecular weight is 213 g/mol. The molecule has 1 heterocycles. The van der Waals surface area contributed by atoms with Crippen LogP contribution in [0.1, 0.15) is 37.9 Å². The monoisotopic (exact) mass is 213 g/mol. The van der Waals surface area contributed by atoms with E-state index in [-0.39, 0.29) is 5.92 Å². The van der Waals surface area contributed by atoms with Gasteiger partial charge in [0.1, 0.15) is 0 Å². The zero-order valence-corrected chi connectivity index (χ0v) is 9.40. The number of aromatic nitrogens is 2. The second kappa shape index (κ2) is 6.53. The Kier molecular flexibility index (Phi) is 5.28. The number of hydrogen-bond donors (Lipinski definition) is 1. The lowest BCUT2D eigenvalue weighted by atomic mass is 10.1. The van der Waals surface area contributed by atoms with Gasteiger partial charge >= 0.3 is 0 Å². The first-order valence-electron chi connectivity index (χ1n) is 5.42. The molecule has 0 aliphatic rings. The third-order valence-corrected chi connectivity index (χ3v) is 2.28. The van der Waals surface area contributed by atoms with Crippen molar-refractivity contribution in [3.8, 4) is 0 Å². The molecule has 0 saturated heterocycles. The molecule has 1 rings (SSSR count). The summed E-state index contributed by atoms with van der Waals surface area (Å²) < 4.78 is 10.4. The van der Waals surface area contributed by atoms with Crippen LogP contribution in [0.25, 0.3) is 0 Å². The fourth-order valence-electron chi connectivity index (χ4n) is 1.28. The lowest BCUT2D eigenvalue weighted by Crippen LogP contribution is -2.12. The van der Waals surface area contributed by atoms with Gasteiger partial charge in [-0.2, -0.15) is 4.98 Å². The molecule has 1 atom stereocenters. The molecule has 0 bridgehead atoms. The second-order valence-corrected chi connectivity index (χ2v) is 3.34. The Hall–Kier alpha value is -0.940. The fourth-order valence-corrected chi connectivity index (χ4v) is 1.28. The molecule has 0 saturated carbocycles. The van der Waals surface area contributed by atoms with Crippen molar-refractivity contribution in [2.75, 3.05) is 19.8 Å². The van der Waals surface area contributed by atoms with Gasteiger partial charge < -0.3 is 15.0 Å². The van der Waals surface area contributed by atoms with Crippen molar-refractivity contribution in [2.24, 2.45) is 5.73 Å². The molecule has 0 fully saturated rings. The molecule has 5 heteroatoms. The van der Waals surface area contributed by atoms with Crippen LogP contribution in [0.4, 0.5) is 0 Å². The Labute approximate surface area is 90.0 Å². The van der Waals surface area contributed by atoms with Crippen LogP contribution < -0.4 is 5.73 Å². The molecule has 0 aromatic carbocycles. The van der Waals surface area contributed by atoms with Crippen molar-refractivity contribution < 1.29 is 9.26 Å². The van der Waals surface area contributed by atoms with Gasteiger partial charge in [-0.15, -0.1) is 0 Å². The molecule has 1 aromatic heterocycles. The van der Waals surface area contributed by atoms with Crippen molar-refractivity contribution in [1.82, 2.24) is 10.1 Å². The van der Waals surface area contributed by atoms with Gasteiger partial charge in [-0.1, -0.05) is 12.1 Å². The van der Waals surface area contributed by atoms with E-state index in [9.17, 15) is 0 Å². The predicted molar refractivity (Wildman–Crippen MR) is 56.6 cm³/mol. The summed E-state index contributed by atoms with van der Waals surface area (Å²) in [6, 6.07) is 0. The van der Waals surface area contributed by atoms with Gasteiger partial charge in [-0.25, -0.2) is 0 Å².